The highest BCUT2D eigenvalue weighted by atomic mass is 16.1. The lowest BCUT2D eigenvalue weighted by Gasteiger charge is -2.11. The van der Waals surface area contributed by atoms with E-state index >= 15 is 0 Å². The first-order valence-electron chi connectivity index (χ1n) is 6.93. The van der Waals surface area contributed by atoms with Crippen LogP contribution in [0.4, 0.5) is 11.6 Å². The summed E-state index contributed by atoms with van der Waals surface area (Å²) in [4.78, 5) is 20.1. The number of rotatable bonds is 8. The highest BCUT2D eigenvalue weighted by Crippen LogP contribution is 2.16. The number of nitrogens with two attached hydrogens (primary N) is 1. The Morgan fingerprint density at radius 3 is 2.60 bits per heavy atom. The number of carbonyl (C=O) groups excluding carboxylic acids is 1. The minimum atomic E-state index is 0.0367. The van der Waals surface area contributed by atoms with Crippen molar-refractivity contribution in [3.8, 4) is 0 Å². The van der Waals surface area contributed by atoms with Crippen LogP contribution in [0.1, 0.15) is 45.4 Å². The Morgan fingerprint density at radius 1 is 1.30 bits per heavy atom. The lowest BCUT2D eigenvalue weighted by atomic mass is 10.2. The second-order valence-electron chi connectivity index (χ2n) is 4.82. The largest absolute Gasteiger partial charge is 0.369 e. The number of nitrogen functional groups attached to an aromatic ring is 1. The summed E-state index contributed by atoms with van der Waals surface area (Å²) in [6.07, 6.45) is 1.35. The molecule has 0 aliphatic heterocycles. The average Bonchev–Trinajstić information content (AvgIpc) is 2.44. The zero-order valence-electron chi connectivity index (χ0n) is 12.4. The van der Waals surface area contributed by atoms with Crippen LogP contribution in [-0.4, -0.2) is 29.0 Å². The van der Waals surface area contributed by atoms with Crippen LogP contribution in [0.25, 0.3) is 0 Å². The maximum atomic E-state index is 11.5. The number of aromatic nitrogens is 2. The minimum Gasteiger partial charge on any atom is -0.369 e. The third-order valence-electron chi connectivity index (χ3n) is 2.64. The SMILES string of the molecule is CCCNC(=O)CCNc1cc(NN)nc(C(C)C)n1. The Balaban J connectivity index is 2.54. The van der Waals surface area contributed by atoms with Gasteiger partial charge in [-0.15, -0.1) is 0 Å². The molecule has 5 N–H and O–H groups in total. The predicted octanol–water partition coefficient (Wildman–Crippen LogP) is 1.21. The first-order chi connectivity index (χ1) is 9.56. The Labute approximate surface area is 119 Å². The van der Waals surface area contributed by atoms with Gasteiger partial charge in [0.25, 0.3) is 0 Å². The van der Waals surface area contributed by atoms with E-state index in [1.54, 1.807) is 6.07 Å². The van der Waals surface area contributed by atoms with Crippen molar-refractivity contribution >= 4 is 17.5 Å². The Morgan fingerprint density at radius 2 is 2.00 bits per heavy atom. The highest BCUT2D eigenvalue weighted by molar-refractivity contribution is 5.76. The van der Waals surface area contributed by atoms with Crippen molar-refractivity contribution in [1.29, 1.82) is 0 Å². The van der Waals surface area contributed by atoms with Crippen molar-refractivity contribution in [2.75, 3.05) is 23.8 Å². The molecule has 0 fully saturated rings. The summed E-state index contributed by atoms with van der Waals surface area (Å²) >= 11 is 0. The van der Waals surface area contributed by atoms with E-state index in [1.807, 2.05) is 20.8 Å². The number of nitrogens with zero attached hydrogens (tertiary/aromatic N) is 2. The number of carbonyl (C=O) groups is 1. The van der Waals surface area contributed by atoms with E-state index in [0.717, 1.165) is 6.42 Å². The van der Waals surface area contributed by atoms with Gasteiger partial charge in [-0.05, 0) is 6.42 Å². The summed E-state index contributed by atoms with van der Waals surface area (Å²) < 4.78 is 0. The monoisotopic (exact) mass is 280 g/mol. The molecule has 7 heteroatoms. The lowest BCUT2D eigenvalue weighted by molar-refractivity contribution is -0.120. The van der Waals surface area contributed by atoms with Gasteiger partial charge < -0.3 is 16.1 Å². The fraction of sp³-hybridized carbons (Fsp3) is 0.615. The molecule has 0 radical (unpaired) electrons. The van der Waals surface area contributed by atoms with Gasteiger partial charge in [-0.2, -0.15) is 0 Å². The van der Waals surface area contributed by atoms with Crippen LogP contribution in [0.15, 0.2) is 6.07 Å². The summed E-state index contributed by atoms with van der Waals surface area (Å²) in [5.74, 6) is 7.56. The number of amides is 1. The van der Waals surface area contributed by atoms with Crippen LogP contribution in [0.3, 0.4) is 0 Å². The number of nitrogens with one attached hydrogen (secondary N) is 3. The molecule has 7 nitrogen and oxygen atoms in total. The number of hydrogen-bond acceptors (Lipinski definition) is 6. The van der Waals surface area contributed by atoms with Crippen LogP contribution < -0.4 is 21.9 Å². The highest BCUT2D eigenvalue weighted by Gasteiger charge is 2.08. The molecule has 112 valence electrons. The first kappa shape index (κ1) is 16.2. The molecule has 1 rings (SSSR count). The third kappa shape index (κ3) is 5.40. The third-order valence-corrected chi connectivity index (χ3v) is 2.64. The molecule has 0 atom stereocenters. The number of anilines is 2. The molecule has 0 aliphatic rings. The van der Waals surface area contributed by atoms with Crippen molar-refractivity contribution in [2.45, 2.75) is 39.5 Å². The van der Waals surface area contributed by atoms with Crippen molar-refractivity contribution in [3.63, 3.8) is 0 Å². The van der Waals surface area contributed by atoms with E-state index in [0.29, 0.717) is 37.0 Å². The van der Waals surface area contributed by atoms with Gasteiger partial charge >= 0.3 is 0 Å². The van der Waals surface area contributed by atoms with Crippen LogP contribution in [-0.2, 0) is 4.79 Å². The summed E-state index contributed by atoms with van der Waals surface area (Å²) in [6.45, 7) is 7.28. The summed E-state index contributed by atoms with van der Waals surface area (Å²) in [6, 6.07) is 1.72. The molecular weight excluding hydrogens is 256 g/mol. The van der Waals surface area contributed by atoms with Crippen LogP contribution in [0, 0.1) is 0 Å². The molecule has 0 aliphatic carbocycles. The molecule has 20 heavy (non-hydrogen) atoms. The van der Waals surface area contributed by atoms with Crippen molar-refractivity contribution in [3.05, 3.63) is 11.9 Å². The summed E-state index contributed by atoms with van der Waals surface area (Å²) in [5, 5.41) is 5.94. The normalized spacial score (nSPS) is 10.4. The van der Waals surface area contributed by atoms with Gasteiger partial charge in [0.15, 0.2) is 0 Å². The van der Waals surface area contributed by atoms with Crippen molar-refractivity contribution < 1.29 is 4.79 Å². The van der Waals surface area contributed by atoms with E-state index in [4.69, 9.17) is 5.84 Å². The first-order valence-corrected chi connectivity index (χ1v) is 6.93. The zero-order chi connectivity index (χ0) is 15.0. The zero-order valence-corrected chi connectivity index (χ0v) is 12.4. The molecule has 1 aromatic rings. The number of hydrogen-bond donors (Lipinski definition) is 4. The van der Waals surface area contributed by atoms with E-state index in [9.17, 15) is 4.79 Å². The van der Waals surface area contributed by atoms with Crippen LogP contribution in [0.2, 0.25) is 0 Å². The average molecular weight is 280 g/mol. The Hall–Kier alpha value is -1.89. The Bertz CT molecular complexity index is 435. The quantitative estimate of drug-likeness (QED) is 0.421. The maximum absolute atomic E-state index is 11.5. The molecule has 0 aromatic carbocycles. The van der Waals surface area contributed by atoms with E-state index in [1.165, 1.54) is 0 Å². The van der Waals surface area contributed by atoms with E-state index < -0.39 is 0 Å². The second-order valence-corrected chi connectivity index (χ2v) is 4.82. The second kappa shape index (κ2) is 8.31. The van der Waals surface area contributed by atoms with Gasteiger partial charge in [0.1, 0.15) is 17.5 Å². The lowest BCUT2D eigenvalue weighted by Crippen LogP contribution is -2.26. The molecule has 0 saturated heterocycles. The molecule has 1 aromatic heterocycles. The maximum Gasteiger partial charge on any atom is 0.221 e. The molecule has 0 spiro atoms. The fourth-order valence-electron chi connectivity index (χ4n) is 1.55. The van der Waals surface area contributed by atoms with Gasteiger partial charge in [-0.3, -0.25) is 4.79 Å². The summed E-state index contributed by atoms with van der Waals surface area (Å²) in [5.41, 5.74) is 2.52. The molecule has 1 amide bonds. The Kier molecular flexibility index (Phi) is 6.72. The van der Waals surface area contributed by atoms with Gasteiger partial charge in [0.2, 0.25) is 5.91 Å². The molecule has 0 unspecified atom stereocenters. The summed E-state index contributed by atoms with van der Waals surface area (Å²) in [7, 11) is 0. The van der Waals surface area contributed by atoms with Crippen molar-refractivity contribution in [1.82, 2.24) is 15.3 Å². The van der Waals surface area contributed by atoms with Crippen LogP contribution >= 0.6 is 0 Å². The predicted molar refractivity (Wildman–Crippen MR) is 80.3 cm³/mol. The molecule has 0 bridgehead atoms. The molecule has 1 heterocycles. The topological polar surface area (TPSA) is 105 Å². The van der Waals surface area contributed by atoms with Crippen molar-refractivity contribution in [2.24, 2.45) is 5.84 Å². The van der Waals surface area contributed by atoms with Crippen LogP contribution in [0.5, 0.6) is 0 Å². The molecule has 0 saturated carbocycles. The fourth-order valence-corrected chi connectivity index (χ4v) is 1.55. The van der Waals surface area contributed by atoms with E-state index in [-0.39, 0.29) is 11.8 Å². The smallest absolute Gasteiger partial charge is 0.221 e. The van der Waals surface area contributed by atoms with Gasteiger partial charge in [-0.1, -0.05) is 20.8 Å². The minimum absolute atomic E-state index is 0.0367. The van der Waals surface area contributed by atoms with E-state index in [2.05, 4.69) is 26.0 Å². The molecular formula is C13H24N6O. The van der Waals surface area contributed by atoms with Gasteiger partial charge in [-0.25, -0.2) is 15.8 Å². The number of hydrazine groups is 1. The standard InChI is InChI=1S/C13H24N6O/c1-4-6-16-12(20)5-7-15-10-8-11(19-14)18-13(17-10)9(2)3/h8-9H,4-7,14H2,1-3H3,(H,16,20)(H2,15,17,18,19). The van der Waals surface area contributed by atoms with Gasteiger partial charge in [0.05, 0.1) is 0 Å². The van der Waals surface area contributed by atoms with Gasteiger partial charge in [0, 0.05) is 31.5 Å².